The van der Waals surface area contributed by atoms with Crippen LogP contribution in [0.1, 0.15) is 21.7 Å². The summed E-state index contributed by atoms with van der Waals surface area (Å²) in [4.78, 5) is 31.8. The van der Waals surface area contributed by atoms with E-state index in [4.69, 9.17) is 9.41 Å². The maximum atomic E-state index is 13.4. The van der Waals surface area contributed by atoms with Gasteiger partial charge in [0.25, 0.3) is 5.91 Å². The Bertz CT molecular complexity index is 1440. The summed E-state index contributed by atoms with van der Waals surface area (Å²) in [6.45, 7) is 0.394. The number of hydrogen-bond donors (Lipinski definition) is 1. The second-order valence-electron chi connectivity index (χ2n) is 7.77. The summed E-state index contributed by atoms with van der Waals surface area (Å²) in [6, 6.07) is 29.3. The summed E-state index contributed by atoms with van der Waals surface area (Å²) in [5.41, 5.74) is 2.38. The number of carboxylic acid groups (broad SMARTS) is 1. The molecule has 3 aromatic carbocycles. The van der Waals surface area contributed by atoms with E-state index >= 15 is 0 Å². The number of carbonyl (C=O) groups excluding carboxylic acids is 1. The van der Waals surface area contributed by atoms with Gasteiger partial charge in [0.2, 0.25) is 0 Å². The number of aromatic carboxylic acids is 1. The molecule has 7 heteroatoms. The Morgan fingerprint density at radius 2 is 1.60 bits per heavy atom. The van der Waals surface area contributed by atoms with Crippen LogP contribution in [-0.4, -0.2) is 27.1 Å². The zero-order chi connectivity index (χ0) is 24.2. The van der Waals surface area contributed by atoms with Crippen molar-refractivity contribution in [2.75, 3.05) is 0 Å². The molecular formula is C28H20N2O4S. The fourth-order valence-corrected chi connectivity index (χ4v) is 4.68. The number of nitrogens with zero attached hydrogens (tertiary/aromatic N) is 2. The Labute approximate surface area is 206 Å². The lowest BCUT2D eigenvalue weighted by atomic mass is 10.1. The van der Waals surface area contributed by atoms with Crippen molar-refractivity contribution in [1.82, 2.24) is 4.90 Å². The van der Waals surface area contributed by atoms with E-state index in [1.807, 2.05) is 60.7 Å². The van der Waals surface area contributed by atoms with E-state index in [0.29, 0.717) is 33.7 Å². The molecule has 1 fully saturated rings. The van der Waals surface area contributed by atoms with Gasteiger partial charge in [0.15, 0.2) is 5.17 Å². The van der Waals surface area contributed by atoms with Crippen LogP contribution >= 0.6 is 11.8 Å². The number of thioether (sulfide) groups is 1. The molecule has 0 radical (unpaired) electrons. The molecule has 0 saturated carbocycles. The first-order valence-electron chi connectivity index (χ1n) is 10.9. The molecule has 1 aromatic heterocycles. The highest BCUT2D eigenvalue weighted by Crippen LogP contribution is 2.36. The minimum Gasteiger partial charge on any atom is -0.478 e. The standard InChI is InChI=1S/C28H20N2O4S/c31-26-25(17-21-15-16-24(34-21)22-13-7-8-14-23(22)27(32)33)35-28(29-20-11-5-2-6-12-20)30(26)18-19-9-3-1-4-10-19/h1-17H,18H2,(H,32,33)/b25-17-,29-28?. The summed E-state index contributed by atoms with van der Waals surface area (Å²) in [7, 11) is 0. The summed E-state index contributed by atoms with van der Waals surface area (Å²) in [5, 5.41) is 10.1. The molecule has 2 heterocycles. The van der Waals surface area contributed by atoms with E-state index in [2.05, 4.69) is 0 Å². The molecule has 35 heavy (non-hydrogen) atoms. The first-order chi connectivity index (χ1) is 17.1. The SMILES string of the molecule is O=C(O)c1ccccc1-c1ccc(/C=C2\SC(=Nc3ccccc3)N(Cc3ccccc3)C2=O)o1. The molecule has 1 amide bonds. The molecule has 0 atom stereocenters. The summed E-state index contributed by atoms with van der Waals surface area (Å²) >= 11 is 1.28. The summed E-state index contributed by atoms with van der Waals surface area (Å²) < 4.78 is 5.91. The van der Waals surface area contributed by atoms with Gasteiger partial charge in [0, 0.05) is 11.6 Å². The number of para-hydroxylation sites is 1. The number of benzene rings is 3. The minimum absolute atomic E-state index is 0.152. The lowest BCUT2D eigenvalue weighted by Crippen LogP contribution is -2.28. The van der Waals surface area contributed by atoms with Crippen molar-refractivity contribution in [3.63, 3.8) is 0 Å². The van der Waals surface area contributed by atoms with Gasteiger partial charge in [0.05, 0.1) is 22.7 Å². The average molecular weight is 481 g/mol. The van der Waals surface area contributed by atoms with Crippen LogP contribution < -0.4 is 0 Å². The second-order valence-corrected chi connectivity index (χ2v) is 8.78. The third-order valence-electron chi connectivity index (χ3n) is 5.38. The Kier molecular flexibility index (Phi) is 6.32. The Morgan fingerprint density at radius 3 is 2.34 bits per heavy atom. The summed E-state index contributed by atoms with van der Waals surface area (Å²) in [5.74, 6) is -0.324. The predicted octanol–water partition coefficient (Wildman–Crippen LogP) is 6.45. The van der Waals surface area contributed by atoms with Gasteiger partial charge in [0.1, 0.15) is 11.5 Å². The molecule has 1 N–H and O–H groups in total. The Hall–Kier alpha value is -4.36. The van der Waals surface area contributed by atoms with Crippen molar-refractivity contribution in [2.24, 2.45) is 4.99 Å². The lowest BCUT2D eigenvalue weighted by Gasteiger charge is -2.15. The number of furan rings is 1. The van der Waals surface area contributed by atoms with E-state index in [-0.39, 0.29) is 11.5 Å². The zero-order valence-corrected chi connectivity index (χ0v) is 19.3. The summed E-state index contributed by atoms with van der Waals surface area (Å²) in [6.07, 6.45) is 1.67. The van der Waals surface area contributed by atoms with Crippen LogP contribution in [0.15, 0.2) is 111 Å². The third kappa shape index (κ3) is 4.95. The lowest BCUT2D eigenvalue weighted by molar-refractivity contribution is -0.122. The van der Waals surface area contributed by atoms with Crippen LogP contribution in [0.4, 0.5) is 5.69 Å². The quantitative estimate of drug-likeness (QED) is 0.321. The topological polar surface area (TPSA) is 83.1 Å². The van der Waals surface area contributed by atoms with Gasteiger partial charge in [-0.05, 0) is 47.7 Å². The molecule has 4 aromatic rings. The molecular weight excluding hydrogens is 460 g/mol. The first kappa shape index (κ1) is 22.4. The van der Waals surface area contributed by atoms with Crippen LogP contribution in [-0.2, 0) is 11.3 Å². The highest BCUT2D eigenvalue weighted by atomic mass is 32.2. The second kappa shape index (κ2) is 9.87. The van der Waals surface area contributed by atoms with Crippen molar-refractivity contribution in [2.45, 2.75) is 6.54 Å². The van der Waals surface area contributed by atoms with Crippen molar-refractivity contribution < 1.29 is 19.1 Å². The van der Waals surface area contributed by atoms with E-state index in [1.54, 1.807) is 41.3 Å². The molecule has 172 valence electrons. The highest BCUT2D eigenvalue weighted by Gasteiger charge is 2.33. The molecule has 0 unspecified atom stereocenters. The van der Waals surface area contributed by atoms with E-state index in [9.17, 15) is 14.7 Å². The van der Waals surface area contributed by atoms with E-state index in [0.717, 1.165) is 11.3 Å². The molecule has 0 spiro atoms. The highest BCUT2D eigenvalue weighted by molar-refractivity contribution is 8.18. The molecule has 1 saturated heterocycles. The monoisotopic (exact) mass is 480 g/mol. The maximum absolute atomic E-state index is 13.4. The molecule has 6 nitrogen and oxygen atoms in total. The third-order valence-corrected chi connectivity index (χ3v) is 6.38. The Balaban J connectivity index is 1.47. The number of amides is 1. The molecule has 1 aliphatic heterocycles. The van der Waals surface area contributed by atoms with Gasteiger partial charge in [-0.1, -0.05) is 66.7 Å². The number of amidine groups is 1. The van der Waals surface area contributed by atoms with Crippen LogP contribution in [0.5, 0.6) is 0 Å². The largest absolute Gasteiger partial charge is 0.478 e. The van der Waals surface area contributed by atoms with Crippen LogP contribution in [0.2, 0.25) is 0 Å². The van der Waals surface area contributed by atoms with Gasteiger partial charge in [-0.3, -0.25) is 9.69 Å². The van der Waals surface area contributed by atoms with Gasteiger partial charge >= 0.3 is 5.97 Å². The maximum Gasteiger partial charge on any atom is 0.336 e. The molecule has 0 aliphatic carbocycles. The molecule has 5 rings (SSSR count). The average Bonchev–Trinajstić information content (AvgIpc) is 3.46. The van der Waals surface area contributed by atoms with Crippen molar-refractivity contribution >= 4 is 40.6 Å². The van der Waals surface area contributed by atoms with Crippen LogP contribution in [0, 0.1) is 0 Å². The normalized spacial score (nSPS) is 15.8. The first-order valence-corrected chi connectivity index (χ1v) is 11.7. The smallest absolute Gasteiger partial charge is 0.336 e. The van der Waals surface area contributed by atoms with Crippen molar-refractivity contribution in [3.8, 4) is 11.3 Å². The van der Waals surface area contributed by atoms with Crippen LogP contribution in [0.25, 0.3) is 17.4 Å². The number of hydrogen-bond acceptors (Lipinski definition) is 5. The van der Waals surface area contributed by atoms with Gasteiger partial charge < -0.3 is 9.52 Å². The van der Waals surface area contributed by atoms with E-state index in [1.165, 1.54) is 17.8 Å². The van der Waals surface area contributed by atoms with Gasteiger partial charge in [-0.2, -0.15) is 0 Å². The number of carbonyl (C=O) groups is 2. The number of rotatable bonds is 6. The zero-order valence-electron chi connectivity index (χ0n) is 18.5. The predicted molar refractivity (Wildman–Crippen MR) is 137 cm³/mol. The minimum atomic E-state index is -1.03. The fraction of sp³-hybridized carbons (Fsp3) is 0.0357. The molecule has 1 aliphatic rings. The molecule has 0 bridgehead atoms. The van der Waals surface area contributed by atoms with Gasteiger partial charge in [-0.25, -0.2) is 9.79 Å². The van der Waals surface area contributed by atoms with Crippen LogP contribution in [0.3, 0.4) is 0 Å². The van der Waals surface area contributed by atoms with Gasteiger partial charge in [-0.15, -0.1) is 0 Å². The fourth-order valence-electron chi connectivity index (χ4n) is 3.70. The number of aliphatic imine (C=N–C) groups is 1. The van der Waals surface area contributed by atoms with Crippen molar-refractivity contribution in [1.29, 1.82) is 0 Å². The number of carboxylic acids is 1. The van der Waals surface area contributed by atoms with E-state index < -0.39 is 5.97 Å². The van der Waals surface area contributed by atoms with Crippen molar-refractivity contribution in [3.05, 3.63) is 119 Å². The Morgan fingerprint density at radius 1 is 0.914 bits per heavy atom.